The number of amides is 8. The number of rotatable bonds is 38. The van der Waals surface area contributed by atoms with Crippen molar-refractivity contribution in [2.75, 3.05) is 18.8 Å². The van der Waals surface area contributed by atoms with Gasteiger partial charge < -0.3 is 57.4 Å². The van der Waals surface area contributed by atoms with Crippen LogP contribution in [0.4, 0.5) is 0 Å². The zero-order valence-electron chi connectivity index (χ0n) is 57.1. The normalized spacial score (nSPS) is 16.8. The molecule has 1 aliphatic carbocycles. The van der Waals surface area contributed by atoms with Gasteiger partial charge in [-0.1, -0.05) is 166 Å². The smallest absolute Gasteiger partial charge is 0.326 e. The van der Waals surface area contributed by atoms with Gasteiger partial charge in [0, 0.05) is 65.0 Å². The number of nitrogens with two attached hydrogens (primary N) is 1. The first-order chi connectivity index (χ1) is 48.0. The van der Waals surface area contributed by atoms with Crippen LogP contribution in [0.2, 0.25) is 0 Å². The topological polar surface area (TPSA) is 346 Å². The second kappa shape index (κ2) is 37.7. The zero-order chi connectivity index (χ0) is 71.8. The molecular formula is C74H94N10O13S3. The number of carboxylic acids is 1. The van der Waals surface area contributed by atoms with Crippen molar-refractivity contribution < 1.29 is 61.4 Å². The second-order valence-electron chi connectivity index (χ2n) is 26.0. The number of ether oxygens (including phenoxy) is 1. The van der Waals surface area contributed by atoms with Crippen LogP contribution in [0.5, 0.6) is 0 Å². The highest BCUT2D eigenvalue weighted by molar-refractivity contribution is 8.00. The van der Waals surface area contributed by atoms with Gasteiger partial charge in [0.25, 0.3) is 0 Å². The van der Waals surface area contributed by atoms with Crippen LogP contribution in [-0.4, -0.2) is 149 Å². The van der Waals surface area contributed by atoms with E-state index in [-0.39, 0.29) is 73.1 Å². The Labute approximate surface area is 593 Å². The number of H-pyrrole nitrogens is 1. The van der Waals surface area contributed by atoms with Crippen LogP contribution in [0.15, 0.2) is 151 Å². The summed E-state index contributed by atoms with van der Waals surface area (Å²) < 4.78 is 34.2. The molecule has 1 saturated carbocycles. The number of carbonyl (C=O) groups is 9. The van der Waals surface area contributed by atoms with Gasteiger partial charge in [-0.2, -0.15) is 11.8 Å². The maximum absolute atomic E-state index is 15.1. The molecule has 11 N–H and O–H groups in total. The molecule has 0 unspecified atom stereocenters. The number of thioether (sulfide) groups is 2. The summed E-state index contributed by atoms with van der Waals surface area (Å²) >= 11 is 3.04. The molecule has 5 aromatic carbocycles. The number of nitrogens with zero attached hydrogens (tertiary/aromatic N) is 1. The molecule has 100 heavy (non-hydrogen) atoms. The standard InChI is InChI=1S/C74H94N10O13S3/c1-5-49(3)65(82-68(88)59(40-54-43-76-57-29-17-16-28-56(54)57)78-64(86)42-74(36-18-9-19-37-74)99-46-53-26-14-8-15-27-53)70(90)83-66(50(4)97-44-51-22-10-6-11-23-51)71(91)80-60(41-63(75)85)67(87)81-61(47-98-45-52-24-12-7-13-25-52)72(92)84-39-21-31-62(84)69(89)79-58(73(93)94)30-20-38-77-100(95,96)55-34-32-48(2)33-35-55/h6-8,10-17,22-29,32-35,43,49-50,58-62,65-66,76-77H,5,9,18-21,30-31,36-42,44-47H2,1-4H3,(H2,75,85)(H,78,86)(H,79,89)(H,80,91)(H,81,87)(H,82,88)(H,83,90)(H,93,94)/t49-,50+,58-,59+,60-,61+,62-,65-,66-/m0/s1. The van der Waals surface area contributed by atoms with Crippen molar-refractivity contribution >= 4 is 97.7 Å². The molecule has 2 fully saturated rings. The molecule has 536 valence electrons. The number of fused-ring (bicyclic) bond motifs is 1. The number of sulfonamides is 1. The fourth-order valence-electron chi connectivity index (χ4n) is 12.5. The Morgan fingerprint density at radius 3 is 1.93 bits per heavy atom. The van der Waals surface area contributed by atoms with E-state index in [2.05, 4.69) is 53.7 Å². The molecule has 2 aliphatic rings. The maximum atomic E-state index is 15.1. The summed E-state index contributed by atoms with van der Waals surface area (Å²) in [4.78, 5) is 134. The number of carbonyl (C=O) groups excluding carboxylic acids is 8. The van der Waals surface area contributed by atoms with Gasteiger partial charge in [0.15, 0.2) is 0 Å². The predicted molar refractivity (Wildman–Crippen MR) is 386 cm³/mol. The van der Waals surface area contributed by atoms with E-state index in [9.17, 15) is 42.3 Å². The minimum atomic E-state index is -3.91. The van der Waals surface area contributed by atoms with Crippen LogP contribution in [0.1, 0.15) is 126 Å². The van der Waals surface area contributed by atoms with Crippen molar-refractivity contribution in [2.45, 2.75) is 187 Å². The van der Waals surface area contributed by atoms with E-state index in [0.717, 1.165) is 70.8 Å². The van der Waals surface area contributed by atoms with E-state index >= 15 is 14.4 Å². The lowest BCUT2D eigenvalue weighted by Gasteiger charge is -2.37. The Bertz CT molecular complexity index is 3840. The molecule has 26 heteroatoms. The van der Waals surface area contributed by atoms with Crippen molar-refractivity contribution in [3.63, 3.8) is 0 Å². The van der Waals surface area contributed by atoms with Crippen molar-refractivity contribution in [2.24, 2.45) is 11.7 Å². The van der Waals surface area contributed by atoms with Gasteiger partial charge >= 0.3 is 5.97 Å². The number of hydrogen-bond donors (Lipinski definition) is 10. The van der Waals surface area contributed by atoms with Gasteiger partial charge in [-0.05, 0) is 98.7 Å². The number of aromatic amines is 1. The molecule has 1 aliphatic heterocycles. The Balaban J connectivity index is 1.00. The number of carboxylic acid groups (broad SMARTS) is 1. The van der Waals surface area contributed by atoms with E-state index in [4.69, 9.17) is 10.5 Å². The van der Waals surface area contributed by atoms with E-state index in [0.29, 0.717) is 24.3 Å². The fraction of sp³-hybridized carbons (Fsp3) is 0.446. The van der Waals surface area contributed by atoms with Crippen molar-refractivity contribution in [1.82, 2.24) is 46.5 Å². The highest BCUT2D eigenvalue weighted by Gasteiger charge is 2.42. The van der Waals surface area contributed by atoms with Crippen molar-refractivity contribution in [3.8, 4) is 0 Å². The minimum absolute atomic E-state index is 0.0296. The second-order valence-corrected chi connectivity index (χ2v) is 30.2. The first-order valence-corrected chi connectivity index (χ1v) is 37.8. The largest absolute Gasteiger partial charge is 0.480 e. The lowest BCUT2D eigenvalue weighted by atomic mass is 9.85. The van der Waals surface area contributed by atoms with Crippen LogP contribution in [0, 0.1) is 12.8 Å². The Morgan fingerprint density at radius 2 is 1.28 bits per heavy atom. The summed E-state index contributed by atoms with van der Waals surface area (Å²) in [7, 11) is -3.91. The quantitative estimate of drug-likeness (QED) is 0.0171. The van der Waals surface area contributed by atoms with Gasteiger partial charge in [-0.3, -0.25) is 38.4 Å². The monoisotopic (exact) mass is 1430 g/mol. The average Bonchev–Trinajstić information content (AvgIpc) is 1.48. The van der Waals surface area contributed by atoms with E-state index < -0.39 is 118 Å². The fourth-order valence-corrected chi connectivity index (χ4v) is 16.0. The third kappa shape index (κ3) is 22.7. The van der Waals surface area contributed by atoms with Crippen LogP contribution in [-0.2, 0) is 82.4 Å². The summed E-state index contributed by atoms with van der Waals surface area (Å²) in [5.41, 5.74) is 11.0. The number of primary amides is 1. The van der Waals surface area contributed by atoms with Crippen LogP contribution >= 0.6 is 23.5 Å². The van der Waals surface area contributed by atoms with Gasteiger partial charge in [0.05, 0.1) is 24.0 Å². The van der Waals surface area contributed by atoms with Gasteiger partial charge in [-0.25, -0.2) is 17.9 Å². The Kier molecular flexibility index (Phi) is 29.1. The van der Waals surface area contributed by atoms with E-state index in [1.807, 2.05) is 92.7 Å². The maximum Gasteiger partial charge on any atom is 0.326 e. The number of para-hydroxylation sites is 1. The summed E-state index contributed by atoms with van der Waals surface area (Å²) in [5, 5.41) is 27.8. The molecule has 0 radical (unpaired) electrons. The van der Waals surface area contributed by atoms with Crippen LogP contribution in [0.3, 0.4) is 0 Å². The Hall–Kier alpha value is -8.56. The van der Waals surface area contributed by atoms with Crippen molar-refractivity contribution in [3.05, 3.63) is 174 Å². The Morgan fingerprint density at radius 1 is 0.680 bits per heavy atom. The first-order valence-electron chi connectivity index (χ1n) is 34.2. The molecular weight excluding hydrogens is 1330 g/mol. The first kappa shape index (κ1) is 77.2. The lowest BCUT2D eigenvalue weighted by Crippen LogP contribution is -2.63. The molecule has 6 aromatic rings. The third-order valence-corrected chi connectivity index (χ3v) is 22.6. The van der Waals surface area contributed by atoms with E-state index in [1.165, 1.54) is 35.7 Å². The van der Waals surface area contributed by atoms with Crippen molar-refractivity contribution in [1.29, 1.82) is 0 Å². The SMILES string of the molecule is CC[C@H](C)[C@H](NC(=O)[C@@H](Cc1c[nH]c2ccccc12)NC(=O)CC1(SCc2ccccc2)CCCCC1)C(=O)N[C@H](C(=O)N[C@@H](CC(N)=O)C(=O)N[C@H](CSCc1ccccc1)C(=O)N1CCC[C@H]1C(=O)N[C@@H](CCCNS(=O)(=O)c1ccc(C)cc1)C(=O)O)[C@@H](C)OCc1ccccc1. The highest BCUT2D eigenvalue weighted by atomic mass is 32.2. The molecule has 9 atom stereocenters. The molecule has 8 amide bonds. The molecule has 1 aromatic heterocycles. The molecule has 1 saturated heterocycles. The predicted octanol–water partition coefficient (Wildman–Crippen LogP) is 7.25. The lowest BCUT2D eigenvalue weighted by molar-refractivity contribution is -0.145. The number of aliphatic carboxylic acids is 1. The zero-order valence-corrected chi connectivity index (χ0v) is 59.5. The molecule has 0 bridgehead atoms. The number of benzene rings is 5. The highest BCUT2D eigenvalue weighted by Crippen LogP contribution is 2.44. The number of aryl methyl sites for hydroxylation is 1. The van der Waals surface area contributed by atoms with Gasteiger partial charge in [0.1, 0.15) is 42.3 Å². The van der Waals surface area contributed by atoms with Crippen LogP contribution in [0.25, 0.3) is 10.9 Å². The summed E-state index contributed by atoms with van der Waals surface area (Å²) in [6.07, 6.45) is 5.43. The van der Waals surface area contributed by atoms with Gasteiger partial charge in [-0.15, -0.1) is 11.8 Å². The summed E-state index contributed by atoms with van der Waals surface area (Å²) in [5.74, 6) is -7.22. The third-order valence-electron chi connectivity index (χ3n) is 18.4. The number of aromatic nitrogens is 1. The molecule has 8 rings (SSSR count). The number of nitrogens with one attached hydrogen (secondary N) is 8. The van der Waals surface area contributed by atoms with E-state index in [1.54, 1.807) is 61.3 Å². The number of hydrogen-bond acceptors (Lipinski definition) is 14. The average molecular weight is 1430 g/mol. The van der Waals surface area contributed by atoms with Gasteiger partial charge in [0.2, 0.25) is 57.3 Å². The molecule has 0 spiro atoms. The molecule has 2 heterocycles. The summed E-state index contributed by atoms with van der Waals surface area (Å²) in [6, 6.07) is 32.3. The molecule has 23 nitrogen and oxygen atoms in total. The summed E-state index contributed by atoms with van der Waals surface area (Å²) in [6.45, 7) is 6.83. The minimum Gasteiger partial charge on any atom is -0.480 e. The number of likely N-dealkylation sites (tertiary alicyclic amines) is 1. The van der Waals surface area contributed by atoms with Crippen LogP contribution < -0.4 is 42.4 Å².